The number of amides is 1. The maximum absolute atomic E-state index is 13.5. The Morgan fingerprint density at radius 2 is 2.06 bits per heavy atom. The molecule has 0 saturated carbocycles. The number of methoxy groups -OCH3 is 1. The van der Waals surface area contributed by atoms with Gasteiger partial charge in [0.25, 0.3) is 5.91 Å². The van der Waals surface area contributed by atoms with Gasteiger partial charge < -0.3 is 14.6 Å². The number of carbonyl (C=O) groups is 1. The lowest BCUT2D eigenvalue weighted by molar-refractivity contribution is 0.0732. The van der Waals surface area contributed by atoms with E-state index >= 15 is 0 Å². The third-order valence-corrected chi connectivity index (χ3v) is 6.08. The number of ether oxygens (including phenoxy) is 1. The van der Waals surface area contributed by atoms with Gasteiger partial charge in [-0.05, 0) is 38.0 Å². The van der Waals surface area contributed by atoms with Crippen LogP contribution < -0.4 is 4.74 Å². The van der Waals surface area contributed by atoms with Gasteiger partial charge in [0.2, 0.25) is 0 Å². The summed E-state index contributed by atoms with van der Waals surface area (Å²) in [7, 11) is 1.66. The average molecular weight is 455 g/mol. The number of hydrogen-bond donors (Lipinski definition) is 1. The van der Waals surface area contributed by atoms with Gasteiger partial charge in [0.05, 0.1) is 31.2 Å². The van der Waals surface area contributed by atoms with Crippen molar-refractivity contribution in [3.8, 4) is 17.3 Å². The number of rotatable bonds is 6. The molecular weight excluding hydrogens is 428 g/mol. The number of hydrogen-bond acceptors (Lipinski definition) is 6. The molecule has 4 heterocycles. The first-order valence-corrected chi connectivity index (χ1v) is 11.3. The summed E-state index contributed by atoms with van der Waals surface area (Å²) in [6, 6.07) is 11.4. The van der Waals surface area contributed by atoms with E-state index in [1.54, 1.807) is 38.0 Å². The molecule has 0 bridgehead atoms. The molecule has 8 nitrogen and oxygen atoms in total. The van der Waals surface area contributed by atoms with Gasteiger partial charge in [-0.15, -0.1) is 0 Å². The molecule has 172 valence electrons. The summed E-state index contributed by atoms with van der Waals surface area (Å²) in [5, 5.41) is 0. The molecule has 1 amide bonds. The van der Waals surface area contributed by atoms with Crippen LogP contribution in [0.25, 0.3) is 11.5 Å². The molecule has 8 heteroatoms. The number of nitrogens with zero attached hydrogens (tertiary/aromatic N) is 5. The third kappa shape index (κ3) is 4.39. The monoisotopic (exact) mass is 454 g/mol. The van der Waals surface area contributed by atoms with E-state index in [2.05, 4.69) is 19.9 Å². The number of nitrogens with one attached hydrogen (secondary N) is 1. The van der Waals surface area contributed by atoms with Crippen LogP contribution in [0.3, 0.4) is 0 Å². The van der Waals surface area contributed by atoms with Gasteiger partial charge in [-0.25, -0.2) is 9.97 Å². The predicted molar refractivity (Wildman–Crippen MR) is 127 cm³/mol. The van der Waals surface area contributed by atoms with Crippen molar-refractivity contribution < 1.29 is 9.53 Å². The number of H-pyrrole nitrogens is 1. The van der Waals surface area contributed by atoms with Gasteiger partial charge in [0.15, 0.2) is 5.82 Å². The van der Waals surface area contributed by atoms with Crippen LogP contribution in [0.1, 0.15) is 51.9 Å². The van der Waals surface area contributed by atoms with E-state index in [0.29, 0.717) is 30.0 Å². The minimum Gasteiger partial charge on any atom is -0.496 e. The lowest BCUT2D eigenvalue weighted by Crippen LogP contribution is -2.31. The van der Waals surface area contributed by atoms with Gasteiger partial charge in [0.1, 0.15) is 11.4 Å². The molecule has 0 radical (unpaired) electrons. The van der Waals surface area contributed by atoms with Gasteiger partial charge in [0, 0.05) is 47.9 Å². The van der Waals surface area contributed by atoms with Crippen LogP contribution in [-0.2, 0) is 6.42 Å². The lowest BCUT2D eigenvalue weighted by atomic mass is 10.1. The van der Waals surface area contributed by atoms with Crippen LogP contribution in [0.15, 0.2) is 61.2 Å². The van der Waals surface area contributed by atoms with Gasteiger partial charge in [-0.1, -0.05) is 18.2 Å². The minimum absolute atomic E-state index is 0.0211. The number of para-hydroxylation sites is 1. The maximum Gasteiger partial charge on any atom is 0.254 e. The normalized spacial score (nSPS) is 15.5. The quantitative estimate of drug-likeness (QED) is 0.470. The van der Waals surface area contributed by atoms with Crippen LogP contribution in [0, 0.1) is 6.92 Å². The Hall–Kier alpha value is -4.07. The van der Waals surface area contributed by atoms with Crippen molar-refractivity contribution in [3.63, 3.8) is 0 Å². The van der Waals surface area contributed by atoms with Crippen molar-refractivity contribution in [1.29, 1.82) is 0 Å². The highest BCUT2D eigenvalue weighted by atomic mass is 16.5. The summed E-state index contributed by atoms with van der Waals surface area (Å²) < 4.78 is 5.46. The number of carbonyl (C=O) groups excluding carboxylic acids is 1. The highest BCUT2D eigenvalue weighted by Crippen LogP contribution is 2.33. The van der Waals surface area contributed by atoms with Crippen LogP contribution in [0.4, 0.5) is 0 Å². The summed E-state index contributed by atoms with van der Waals surface area (Å²) >= 11 is 0. The molecule has 0 aliphatic carbocycles. The van der Waals surface area contributed by atoms with E-state index in [9.17, 15) is 4.79 Å². The number of likely N-dealkylation sites (tertiary alicyclic amines) is 1. The fraction of sp³-hybridized carbons (Fsp3) is 0.269. The molecule has 1 saturated heterocycles. The first-order valence-electron chi connectivity index (χ1n) is 11.3. The molecule has 0 unspecified atom stereocenters. The summed E-state index contributed by atoms with van der Waals surface area (Å²) in [5.41, 5.74) is 4.88. The Morgan fingerprint density at radius 3 is 2.88 bits per heavy atom. The molecule has 5 rings (SSSR count). The van der Waals surface area contributed by atoms with Crippen LogP contribution in [0.5, 0.6) is 5.75 Å². The molecule has 0 spiro atoms. The van der Waals surface area contributed by atoms with Crippen LogP contribution in [-0.4, -0.2) is 49.4 Å². The number of benzene rings is 1. The summed E-state index contributed by atoms with van der Waals surface area (Å²) in [5.74, 6) is 1.47. The second-order valence-corrected chi connectivity index (χ2v) is 8.43. The van der Waals surface area contributed by atoms with Crippen molar-refractivity contribution in [2.24, 2.45) is 0 Å². The zero-order chi connectivity index (χ0) is 23.5. The van der Waals surface area contributed by atoms with Crippen LogP contribution in [0.2, 0.25) is 0 Å². The van der Waals surface area contributed by atoms with Crippen molar-refractivity contribution in [2.75, 3.05) is 13.7 Å². The first kappa shape index (κ1) is 21.8. The zero-order valence-corrected chi connectivity index (χ0v) is 19.2. The average Bonchev–Trinajstić information content (AvgIpc) is 3.54. The summed E-state index contributed by atoms with van der Waals surface area (Å²) in [4.78, 5) is 36.6. The Labute approximate surface area is 198 Å². The van der Waals surface area contributed by atoms with Gasteiger partial charge >= 0.3 is 0 Å². The molecule has 1 N–H and O–H groups in total. The Balaban J connectivity index is 1.38. The van der Waals surface area contributed by atoms with Crippen molar-refractivity contribution in [1.82, 2.24) is 29.8 Å². The van der Waals surface area contributed by atoms with Crippen molar-refractivity contribution >= 4 is 5.91 Å². The van der Waals surface area contributed by atoms with Gasteiger partial charge in [-0.2, -0.15) is 0 Å². The Kier molecular flexibility index (Phi) is 6.03. The highest BCUT2D eigenvalue weighted by Gasteiger charge is 2.32. The number of aromatic amines is 1. The van der Waals surface area contributed by atoms with E-state index in [0.717, 1.165) is 41.2 Å². The maximum atomic E-state index is 13.5. The van der Waals surface area contributed by atoms with E-state index in [1.807, 2.05) is 42.2 Å². The second kappa shape index (κ2) is 9.43. The smallest absolute Gasteiger partial charge is 0.254 e. The predicted octanol–water partition coefficient (Wildman–Crippen LogP) is 4.15. The molecule has 1 aliphatic rings. The zero-order valence-electron chi connectivity index (χ0n) is 19.2. The Morgan fingerprint density at radius 1 is 1.18 bits per heavy atom. The van der Waals surface area contributed by atoms with Gasteiger partial charge in [-0.3, -0.25) is 14.8 Å². The fourth-order valence-electron chi connectivity index (χ4n) is 4.43. The second-order valence-electron chi connectivity index (χ2n) is 8.43. The Bertz CT molecular complexity index is 1320. The van der Waals surface area contributed by atoms with Crippen LogP contribution >= 0.6 is 0 Å². The number of aryl methyl sites for hydroxylation is 1. The molecule has 1 fully saturated rings. The van der Waals surface area contributed by atoms with Crippen molar-refractivity contribution in [3.05, 3.63) is 89.4 Å². The largest absolute Gasteiger partial charge is 0.496 e. The molecule has 34 heavy (non-hydrogen) atoms. The topological polar surface area (TPSA) is 96.9 Å². The SMILES string of the molecule is COc1ccccc1Cc1cc(C(=O)N2CCC[C@H]2c2cncc(-c3ncc(C)[nH]3)n2)ccn1. The summed E-state index contributed by atoms with van der Waals surface area (Å²) in [6.45, 7) is 2.63. The molecule has 1 aromatic carbocycles. The molecule has 1 aliphatic heterocycles. The van der Waals surface area contributed by atoms with E-state index in [1.165, 1.54) is 0 Å². The molecular formula is C26H26N6O2. The number of imidazole rings is 1. The highest BCUT2D eigenvalue weighted by molar-refractivity contribution is 5.94. The van der Waals surface area contributed by atoms with E-state index in [4.69, 9.17) is 9.72 Å². The lowest BCUT2D eigenvalue weighted by Gasteiger charge is -2.24. The summed E-state index contributed by atoms with van der Waals surface area (Å²) in [6.07, 6.45) is 9.25. The van der Waals surface area contributed by atoms with E-state index < -0.39 is 0 Å². The molecule has 1 atom stereocenters. The standard InChI is InChI=1S/C26H26N6O2/c1-17-14-29-25(30-17)22-16-27-15-21(31-22)23-7-5-11-32(23)26(33)19-9-10-28-20(13-19)12-18-6-3-4-8-24(18)34-2/h3-4,6,8-10,13-16,23H,5,7,11-12H2,1-2H3,(H,29,30)/t23-/m0/s1. The first-order chi connectivity index (χ1) is 16.6. The number of pyridine rings is 1. The number of aromatic nitrogens is 5. The van der Waals surface area contributed by atoms with E-state index in [-0.39, 0.29) is 11.9 Å². The molecule has 3 aromatic heterocycles. The van der Waals surface area contributed by atoms with Crippen molar-refractivity contribution in [2.45, 2.75) is 32.2 Å². The molecule has 4 aromatic rings. The third-order valence-electron chi connectivity index (χ3n) is 6.08. The minimum atomic E-state index is -0.123. The fourth-order valence-corrected chi connectivity index (χ4v) is 4.43.